The standard InChI is InChI=1S/C13H26N4O2/c1-10(2)16-12(18)3-6-15-13(19)9-17-7-4-11(14)5-8-17/h10-11H,3-9,14H2,1-2H3,(H,15,19)(H,16,18). The molecule has 0 aromatic rings. The Morgan fingerprint density at radius 1 is 1.26 bits per heavy atom. The van der Waals surface area contributed by atoms with E-state index >= 15 is 0 Å². The lowest BCUT2D eigenvalue weighted by molar-refractivity contribution is -0.123. The molecule has 0 radical (unpaired) electrons. The fourth-order valence-corrected chi connectivity index (χ4v) is 2.08. The topological polar surface area (TPSA) is 87.5 Å². The molecular formula is C13H26N4O2. The number of amides is 2. The zero-order valence-electron chi connectivity index (χ0n) is 11.9. The van der Waals surface area contributed by atoms with E-state index in [4.69, 9.17) is 5.73 Å². The predicted octanol–water partition coefficient (Wildman–Crippen LogP) is -0.560. The lowest BCUT2D eigenvalue weighted by Crippen LogP contribution is -2.45. The maximum Gasteiger partial charge on any atom is 0.234 e. The van der Waals surface area contributed by atoms with Gasteiger partial charge in [0.15, 0.2) is 0 Å². The zero-order valence-corrected chi connectivity index (χ0v) is 11.9. The van der Waals surface area contributed by atoms with Gasteiger partial charge in [-0.1, -0.05) is 0 Å². The van der Waals surface area contributed by atoms with E-state index in [0.717, 1.165) is 25.9 Å². The number of piperidine rings is 1. The van der Waals surface area contributed by atoms with Crippen LogP contribution in [0.3, 0.4) is 0 Å². The van der Waals surface area contributed by atoms with Gasteiger partial charge in [0.1, 0.15) is 0 Å². The highest BCUT2D eigenvalue weighted by Crippen LogP contribution is 2.07. The number of carbonyl (C=O) groups excluding carboxylic acids is 2. The number of hydrogen-bond acceptors (Lipinski definition) is 4. The van der Waals surface area contributed by atoms with Crippen molar-refractivity contribution in [3.63, 3.8) is 0 Å². The van der Waals surface area contributed by atoms with Crippen molar-refractivity contribution >= 4 is 11.8 Å². The largest absolute Gasteiger partial charge is 0.354 e. The SMILES string of the molecule is CC(C)NC(=O)CCNC(=O)CN1CCC(N)CC1. The van der Waals surface area contributed by atoms with E-state index < -0.39 is 0 Å². The molecule has 1 heterocycles. The third kappa shape index (κ3) is 7.12. The van der Waals surface area contributed by atoms with Crippen LogP contribution in [0.1, 0.15) is 33.1 Å². The first-order chi connectivity index (χ1) is 8.97. The van der Waals surface area contributed by atoms with Crippen molar-refractivity contribution in [3.8, 4) is 0 Å². The predicted molar refractivity (Wildman–Crippen MR) is 74.6 cm³/mol. The number of nitrogens with zero attached hydrogens (tertiary/aromatic N) is 1. The second kappa shape index (κ2) is 8.12. The Hall–Kier alpha value is -1.14. The van der Waals surface area contributed by atoms with E-state index in [1.807, 2.05) is 13.8 Å². The van der Waals surface area contributed by atoms with E-state index in [0.29, 0.717) is 19.5 Å². The number of carbonyl (C=O) groups is 2. The van der Waals surface area contributed by atoms with Gasteiger partial charge in [0.05, 0.1) is 6.54 Å². The molecule has 0 unspecified atom stereocenters. The minimum Gasteiger partial charge on any atom is -0.354 e. The van der Waals surface area contributed by atoms with E-state index in [2.05, 4.69) is 15.5 Å². The molecule has 0 aliphatic carbocycles. The lowest BCUT2D eigenvalue weighted by Gasteiger charge is -2.29. The molecule has 1 fully saturated rings. The van der Waals surface area contributed by atoms with Crippen LogP contribution in [0.25, 0.3) is 0 Å². The van der Waals surface area contributed by atoms with Crippen molar-refractivity contribution in [2.45, 2.75) is 45.2 Å². The van der Waals surface area contributed by atoms with Crippen LogP contribution in [-0.4, -0.2) is 55.0 Å². The van der Waals surface area contributed by atoms with Gasteiger partial charge < -0.3 is 16.4 Å². The highest BCUT2D eigenvalue weighted by Gasteiger charge is 2.17. The smallest absolute Gasteiger partial charge is 0.234 e. The first-order valence-electron chi connectivity index (χ1n) is 7.01. The van der Waals surface area contributed by atoms with Crippen LogP contribution in [0, 0.1) is 0 Å². The van der Waals surface area contributed by atoms with Crippen molar-refractivity contribution in [1.82, 2.24) is 15.5 Å². The lowest BCUT2D eigenvalue weighted by atomic mass is 10.1. The zero-order chi connectivity index (χ0) is 14.3. The van der Waals surface area contributed by atoms with Crippen molar-refractivity contribution in [3.05, 3.63) is 0 Å². The Bertz CT molecular complexity index is 299. The summed E-state index contributed by atoms with van der Waals surface area (Å²) in [5, 5.41) is 5.56. The molecule has 0 atom stereocenters. The second-order valence-corrected chi connectivity index (χ2v) is 5.44. The van der Waals surface area contributed by atoms with Gasteiger partial charge in [-0.05, 0) is 26.7 Å². The van der Waals surface area contributed by atoms with Gasteiger partial charge in [-0.25, -0.2) is 0 Å². The molecule has 19 heavy (non-hydrogen) atoms. The molecule has 0 spiro atoms. The third-order valence-electron chi connectivity index (χ3n) is 3.12. The molecular weight excluding hydrogens is 244 g/mol. The fourth-order valence-electron chi connectivity index (χ4n) is 2.08. The molecule has 1 saturated heterocycles. The molecule has 1 rings (SSSR count). The molecule has 2 amide bonds. The van der Waals surface area contributed by atoms with Crippen LogP contribution in [0.5, 0.6) is 0 Å². The van der Waals surface area contributed by atoms with Gasteiger partial charge in [0.25, 0.3) is 0 Å². The van der Waals surface area contributed by atoms with Crippen molar-refractivity contribution in [2.24, 2.45) is 5.73 Å². The normalized spacial score (nSPS) is 17.5. The molecule has 1 aliphatic rings. The number of likely N-dealkylation sites (tertiary alicyclic amines) is 1. The summed E-state index contributed by atoms with van der Waals surface area (Å²) in [5.41, 5.74) is 5.81. The van der Waals surface area contributed by atoms with Gasteiger partial charge in [-0.15, -0.1) is 0 Å². The Balaban J connectivity index is 2.09. The summed E-state index contributed by atoms with van der Waals surface area (Å²) in [6, 6.07) is 0.416. The average molecular weight is 270 g/mol. The minimum absolute atomic E-state index is 0.0205. The summed E-state index contributed by atoms with van der Waals surface area (Å²) >= 11 is 0. The number of hydrogen-bond donors (Lipinski definition) is 3. The molecule has 0 saturated carbocycles. The van der Waals surface area contributed by atoms with Crippen molar-refractivity contribution < 1.29 is 9.59 Å². The molecule has 4 N–H and O–H groups in total. The number of nitrogens with two attached hydrogens (primary N) is 1. The van der Waals surface area contributed by atoms with Gasteiger partial charge in [-0.3, -0.25) is 14.5 Å². The van der Waals surface area contributed by atoms with Gasteiger partial charge in [0.2, 0.25) is 11.8 Å². The van der Waals surface area contributed by atoms with E-state index in [1.54, 1.807) is 0 Å². The summed E-state index contributed by atoms with van der Waals surface area (Å²) in [6.07, 6.45) is 2.23. The third-order valence-corrected chi connectivity index (χ3v) is 3.12. The number of rotatable bonds is 6. The average Bonchev–Trinajstić information content (AvgIpc) is 2.31. The number of nitrogens with one attached hydrogen (secondary N) is 2. The molecule has 0 aromatic carbocycles. The Morgan fingerprint density at radius 2 is 1.89 bits per heavy atom. The molecule has 0 bridgehead atoms. The Kier molecular flexibility index (Phi) is 6.80. The van der Waals surface area contributed by atoms with Crippen molar-refractivity contribution in [1.29, 1.82) is 0 Å². The highest BCUT2D eigenvalue weighted by atomic mass is 16.2. The van der Waals surface area contributed by atoms with Crippen LogP contribution < -0.4 is 16.4 Å². The summed E-state index contributed by atoms with van der Waals surface area (Å²) in [5.74, 6) is -0.0490. The van der Waals surface area contributed by atoms with Crippen LogP contribution in [0.15, 0.2) is 0 Å². The van der Waals surface area contributed by atoms with Crippen LogP contribution >= 0.6 is 0 Å². The molecule has 1 aliphatic heterocycles. The molecule has 110 valence electrons. The minimum atomic E-state index is -0.0285. The summed E-state index contributed by atoms with van der Waals surface area (Å²) in [7, 11) is 0. The highest BCUT2D eigenvalue weighted by molar-refractivity contribution is 5.80. The fraction of sp³-hybridized carbons (Fsp3) is 0.846. The summed E-state index contributed by atoms with van der Waals surface area (Å²) < 4.78 is 0. The van der Waals surface area contributed by atoms with Crippen LogP contribution in [0.4, 0.5) is 0 Å². The molecule has 6 heteroatoms. The second-order valence-electron chi connectivity index (χ2n) is 5.44. The van der Waals surface area contributed by atoms with Crippen molar-refractivity contribution in [2.75, 3.05) is 26.2 Å². The maximum atomic E-state index is 11.7. The first kappa shape index (κ1) is 15.9. The quantitative estimate of drug-likeness (QED) is 0.604. The summed E-state index contributed by atoms with van der Waals surface area (Å²) in [4.78, 5) is 25.2. The van der Waals surface area contributed by atoms with E-state index in [9.17, 15) is 9.59 Å². The van der Waals surface area contributed by atoms with E-state index in [1.165, 1.54) is 0 Å². The van der Waals surface area contributed by atoms with Crippen LogP contribution in [0.2, 0.25) is 0 Å². The Labute approximate surface area is 115 Å². The van der Waals surface area contributed by atoms with Gasteiger partial charge in [-0.2, -0.15) is 0 Å². The van der Waals surface area contributed by atoms with E-state index in [-0.39, 0.29) is 23.9 Å². The monoisotopic (exact) mass is 270 g/mol. The van der Waals surface area contributed by atoms with Crippen LogP contribution in [-0.2, 0) is 9.59 Å². The maximum absolute atomic E-state index is 11.7. The summed E-state index contributed by atoms with van der Waals surface area (Å²) in [6.45, 7) is 6.38. The Morgan fingerprint density at radius 3 is 2.47 bits per heavy atom. The molecule has 0 aromatic heterocycles. The molecule has 6 nitrogen and oxygen atoms in total. The first-order valence-corrected chi connectivity index (χ1v) is 7.01. The van der Waals surface area contributed by atoms with Gasteiger partial charge in [0, 0.05) is 38.1 Å². The van der Waals surface area contributed by atoms with Gasteiger partial charge >= 0.3 is 0 Å².